The number of carbonyl (C=O) groups excluding carboxylic acids is 1. The third kappa shape index (κ3) is 4.09. The molecule has 0 bridgehead atoms. The second-order valence-corrected chi connectivity index (χ2v) is 6.26. The number of rotatable bonds is 2. The van der Waals surface area contributed by atoms with E-state index >= 15 is 0 Å². The molecular formula is C16H25Cl3N4O. The first-order valence-electron chi connectivity index (χ1n) is 7.94. The third-order valence-corrected chi connectivity index (χ3v) is 4.96. The molecule has 2 N–H and O–H groups in total. The highest BCUT2D eigenvalue weighted by Gasteiger charge is 2.35. The summed E-state index contributed by atoms with van der Waals surface area (Å²) in [6, 6.07) is 8.84. The van der Waals surface area contributed by atoms with Crippen molar-refractivity contribution >= 4 is 48.8 Å². The van der Waals surface area contributed by atoms with E-state index in [2.05, 4.69) is 33.8 Å². The number of hydrogen-bond acceptors (Lipinski definition) is 4. The van der Waals surface area contributed by atoms with Crippen LogP contribution in [0.4, 0.5) is 5.69 Å². The highest BCUT2D eigenvalue weighted by Crippen LogP contribution is 2.26. The molecule has 3 aliphatic heterocycles. The minimum absolute atomic E-state index is 0. The molecule has 0 spiro atoms. The molecule has 8 heteroatoms. The molecule has 3 heterocycles. The first-order chi connectivity index (χ1) is 10.3. The Hall–Kier alpha value is -0.720. The number of benzene rings is 1. The molecule has 2 fully saturated rings. The standard InChI is InChI=1S/C16H22N4O.3ClH/c21-16(14-11-19-8-3-5-13(19)10-17-14)18-20-9-7-12-4-1-2-6-15(12)20;;;/h1-2,4,6,13-14,17H,3,5,7-11H2,(H,18,21);3*1H/t13-,14+;;;/m1.../s1. The Balaban J connectivity index is 0.000000960. The quantitative estimate of drug-likeness (QED) is 0.801. The molecule has 0 radical (unpaired) electrons. The highest BCUT2D eigenvalue weighted by molar-refractivity contribution is 5.86. The maximum Gasteiger partial charge on any atom is 0.256 e. The van der Waals surface area contributed by atoms with Crippen molar-refractivity contribution in [2.24, 2.45) is 0 Å². The average molecular weight is 396 g/mol. The summed E-state index contributed by atoms with van der Waals surface area (Å²) in [6.45, 7) is 3.79. The van der Waals surface area contributed by atoms with Crippen LogP contribution in [0, 0.1) is 0 Å². The fourth-order valence-electron chi connectivity index (χ4n) is 3.78. The summed E-state index contributed by atoms with van der Waals surface area (Å²) < 4.78 is 0. The molecule has 2 atom stereocenters. The van der Waals surface area contributed by atoms with E-state index in [1.54, 1.807) is 0 Å². The Morgan fingerprint density at radius 2 is 1.96 bits per heavy atom. The third-order valence-electron chi connectivity index (χ3n) is 4.96. The fraction of sp³-hybridized carbons (Fsp3) is 0.562. The normalized spacial score (nSPS) is 24.8. The number of fused-ring (bicyclic) bond motifs is 2. The monoisotopic (exact) mass is 394 g/mol. The molecule has 1 aromatic rings. The van der Waals surface area contributed by atoms with Crippen LogP contribution < -0.4 is 15.8 Å². The zero-order valence-electron chi connectivity index (χ0n) is 13.4. The first kappa shape index (κ1) is 21.3. The molecule has 3 aliphatic rings. The van der Waals surface area contributed by atoms with Crippen LogP contribution in [0.25, 0.3) is 0 Å². The number of para-hydroxylation sites is 1. The van der Waals surface area contributed by atoms with Gasteiger partial charge in [-0.1, -0.05) is 18.2 Å². The second kappa shape index (κ2) is 9.11. The van der Waals surface area contributed by atoms with Crippen molar-refractivity contribution in [3.8, 4) is 0 Å². The lowest BCUT2D eigenvalue weighted by molar-refractivity contribution is -0.124. The van der Waals surface area contributed by atoms with Gasteiger partial charge in [-0.05, 0) is 37.4 Å². The van der Waals surface area contributed by atoms with Crippen LogP contribution in [0.2, 0.25) is 0 Å². The van der Waals surface area contributed by atoms with Gasteiger partial charge in [0.05, 0.1) is 5.69 Å². The Bertz CT molecular complexity index is 560. The van der Waals surface area contributed by atoms with Gasteiger partial charge >= 0.3 is 0 Å². The Kier molecular flexibility index (Phi) is 8.09. The maximum atomic E-state index is 12.5. The summed E-state index contributed by atoms with van der Waals surface area (Å²) in [5, 5.41) is 5.40. The van der Waals surface area contributed by atoms with Crippen LogP contribution in [0.5, 0.6) is 0 Å². The van der Waals surface area contributed by atoms with E-state index in [9.17, 15) is 4.79 Å². The van der Waals surface area contributed by atoms with E-state index < -0.39 is 0 Å². The van der Waals surface area contributed by atoms with Gasteiger partial charge in [-0.3, -0.25) is 20.1 Å². The van der Waals surface area contributed by atoms with Crippen LogP contribution >= 0.6 is 37.2 Å². The van der Waals surface area contributed by atoms with E-state index in [-0.39, 0.29) is 49.2 Å². The summed E-state index contributed by atoms with van der Waals surface area (Å²) in [7, 11) is 0. The van der Waals surface area contributed by atoms with Gasteiger partial charge in [0.1, 0.15) is 6.04 Å². The van der Waals surface area contributed by atoms with E-state index in [1.807, 2.05) is 11.1 Å². The molecule has 0 aromatic heterocycles. The van der Waals surface area contributed by atoms with Gasteiger partial charge in [0, 0.05) is 25.7 Å². The van der Waals surface area contributed by atoms with Crippen molar-refractivity contribution in [3.63, 3.8) is 0 Å². The van der Waals surface area contributed by atoms with E-state index in [1.165, 1.54) is 18.4 Å². The molecule has 5 nitrogen and oxygen atoms in total. The zero-order chi connectivity index (χ0) is 14.2. The number of carbonyl (C=O) groups is 1. The predicted octanol–water partition coefficient (Wildman–Crippen LogP) is 1.78. The molecule has 1 aromatic carbocycles. The Labute approximate surface area is 161 Å². The highest BCUT2D eigenvalue weighted by atomic mass is 35.5. The van der Waals surface area contributed by atoms with Gasteiger partial charge in [-0.25, -0.2) is 0 Å². The minimum atomic E-state index is -0.0906. The number of anilines is 1. The summed E-state index contributed by atoms with van der Waals surface area (Å²) in [6.07, 6.45) is 3.53. The van der Waals surface area contributed by atoms with Crippen molar-refractivity contribution in [3.05, 3.63) is 29.8 Å². The molecule has 136 valence electrons. The second-order valence-electron chi connectivity index (χ2n) is 6.26. The van der Waals surface area contributed by atoms with Crippen LogP contribution in [0.3, 0.4) is 0 Å². The lowest BCUT2D eigenvalue weighted by Crippen LogP contribution is -2.61. The van der Waals surface area contributed by atoms with Gasteiger partial charge in [-0.2, -0.15) is 0 Å². The molecule has 1 amide bonds. The lowest BCUT2D eigenvalue weighted by atomic mass is 10.1. The van der Waals surface area contributed by atoms with Gasteiger partial charge in [0.25, 0.3) is 5.91 Å². The molecule has 0 saturated carbocycles. The molecule has 24 heavy (non-hydrogen) atoms. The SMILES string of the molecule is Cl.Cl.Cl.O=C(NN1CCc2ccccc21)[C@@H]1CN2CCC[C@@H]2CN1. The zero-order valence-corrected chi connectivity index (χ0v) is 15.9. The number of halogens is 3. The number of piperazine rings is 1. The van der Waals surface area contributed by atoms with Crippen molar-refractivity contribution in [2.45, 2.75) is 31.3 Å². The fourth-order valence-corrected chi connectivity index (χ4v) is 3.78. The first-order valence-corrected chi connectivity index (χ1v) is 7.94. The van der Waals surface area contributed by atoms with Crippen LogP contribution in [-0.4, -0.2) is 49.1 Å². The van der Waals surface area contributed by atoms with Gasteiger partial charge in [-0.15, -0.1) is 37.2 Å². The maximum absolute atomic E-state index is 12.5. The summed E-state index contributed by atoms with van der Waals surface area (Å²) in [4.78, 5) is 15.0. The minimum Gasteiger partial charge on any atom is -0.303 e. The Morgan fingerprint density at radius 3 is 2.79 bits per heavy atom. The molecule has 0 unspecified atom stereocenters. The number of amides is 1. The smallest absolute Gasteiger partial charge is 0.256 e. The van der Waals surface area contributed by atoms with Gasteiger partial charge < -0.3 is 5.32 Å². The molecular weight excluding hydrogens is 371 g/mol. The van der Waals surface area contributed by atoms with Crippen LogP contribution in [0.15, 0.2) is 24.3 Å². The lowest BCUT2D eigenvalue weighted by Gasteiger charge is -2.36. The molecule has 4 rings (SSSR count). The molecule has 0 aliphatic carbocycles. The number of hydrogen-bond donors (Lipinski definition) is 2. The van der Waals surface area contributed by atoms with E-state index in [4.69, 9.17) is 0 Å². The van der Waals surface area contributed by atoms with Crippen molar-refractivity contribution in [2.75, 3.05) is 31.2 Å². The summed E-state index contributed by atoms with van der Waals surface area (Å²) in [5.41, 5.74) is 5.54. The van der Waals surface area contributed by atoms with Gasteiger partial charge in [0.15, 0.2) is 0 Å². The Morgan fingerprint density at radius 1 is 1.17 bits per heavy atom. The predicted molar refractivity (Wildman–Crippen MR) is 104 cm³/mol. The van der Waals surface area contributed by atoms with Crippen LogP contribution in [-0.2, 0) is 11.2 Å². The van der Waals surface area contributed by atoms with Crippen molar-refractivity contribution in [1.82, 2.24) is 15.6 Å². The molecule has 2 saturated heterocycles. The van der Waals surface area contributed by atoms with Crippen LogP contribution in [0.1, 0.15) is 18.4 Å². The van der Waals surface area contributed by atoms with Gasteiger partial charge in [0.2, 0.25) is 0 Å². The average Bonchev–Trinajstić information content (AvgIpc) is 3.13. The number of nitrogens with zero attached hydrogens (tertiary/aromatic N) is 2. The number of nitrogens with one attached hydrogen (secondary N) is 2. The van der Waals surface area contributed by atoms with E-state index in [0.717, 1.165) is 38.3 Å². The number of hydrazine groups is 1. The van der Waals surface area contributed by atoms with E-state index in [0.29, 0.717) is 6.04 Å². The topological polar surface area (TPSA) is 47.6 Å². The van der Waals surface area contributed by atoms with Crippen molar-refractivity contribution in [1.29, 1.82) is 0 Å². The van der Waals surface area contributed by atoms with Crippen molar-refractivity contribution < 1.29 is 4.79 Å². The largest absolute Gasteiger partial charge is 0.303 e. The summed E-state index contributed by atoms with van der Waals surface area (Å²) >= 11 is 0. The summed E-state index contributed by atoms with van der Waals surface area (Å²) in [5.74, 6) is 0.0945.